The Balaban J connectivity index is 1.24. The molecular formula is C25H28N8. The number of rotatable bonds is 4. The Morgan fingerprint density at radius 2 is 1.15 bits per heavy atom. The fourth-order valence-electron chi connectivity index (χ4n) is 4.43. The van der Waals surface area contributed by atoms with Gasteiger partial charge in [0.05, 0.1) is 52.7 Å². The van der Waals surface area contributed by atoms with E-state index in [1.807, 2.05) is 12.1 Å². The van der Waals surface area contributed by atoms with Gasteiger partial charge in [-0.3, -0.25) is 9.98 Å². The Morgan fingerprint density at radius 1 is 0.697 bits per heavy atom. The van der Waals surface area contributed by atoms with Gasteiger partial charge < -0.3 is 20.6 Å². The number of imidazole rings is 2. The number of hydrogen-bond acceptors (Lipinski definition) is 6. The number of aromatic amines is 2. The maximum absolute atomic E-state index is 4.77. The van der Waals surface area contributed by atoms with Crippen LogP contribution in [0.5, 0.6) is 0 Å². The maximum Gasteiger partial charge on any atom is 0.128 e. The second kappa shape index (κ2) is 6.91. The van der Waals surface area contributed by atoms with E-state index in [9.17, 15) is 0 Å². The monoisotopic (exact) mass is 440 g/mol. The summed E-state index contributed by atoms with van der Waals surface area (Å²) in [5.74, 6) is 3.64. The van der Waals surface area contributed by atoms with Gasteiger partial charge in [-0.15, -0.1) is 0 Å². The van der Waals surface area contributed by atoms with E-state index >= 15 is 0 Å². The Labute approximate surface area is 192 Å². The van der Waals surface area contributed by atoms with E-state index in [4.69, 9.17) is 9.97 Å². The van der Waals surface area contributed by atoms with E-state index in [1.165, 1.54) is 0 Å². The van der Waals surface area contributed by atoms with E-state index in [0.717, 1.165) is 69.6 Å². The second-order valence-electron chi connectivity index (χ2n) is 10.4. The Bertz CT molecular complexity index is 1340. The van der Waals surface area contributed by atoms with Crippen LogP contribution < -0.4 is 10.6 Å². The molecular weight excluding hydrogens is 412 g/mol. The molecule has 8 heteroatoms. The molecule has 33 heavy (non-hydrogen) atoms. The van der Waals surface area contributed by atoms with Gasteiger partial charge in [0.1, 0.15) is 23.3 Å². The Morgan fingerprint density at radius 3 is 1.55 bits per heavy atom. The lowest BCUT2D eigenvalue weighted by atomic mass is 10.1. The van der Waals surface area contributed by atoms with E-state index in [2.05, 4.69) is 82.5 Å². The molecule has 0 saturated heterocycles. The van der Waals surface area contributed by atoms with Crippen molar-refractivity contribution in [1.82, 2.24) is 30.6 Å². The quantitative estimate of drug-likeness (QED) is 0.391. The van der Waals surface area contributed by atoms with Crippen molar-refractivity contribution in [2.24, 2.45) is 9.98 Å². The van der Waals surface area contributed by atoms with E-state index in [0.29, 0.717) is 6.42 Å². The van der Waals surface area contributed by atoms with Gasteiger partial charge in [-0.2, -0.15) is 0 Å². The van der Waals surface area contributed by atoms with Crippen LogP contribution in [0.3, 0.4) is 0 Å². The Hall–Kier alpha value is -3.68. The molecule has 4 aromatic rings. The van der Waals surface area contributed by atoms with Crippen molar-refractivity contribution in [3.63, 3.8) is 0 Å². The highest BCUT2D eigenvalue weighted by atomic mass is 15.1. The molecule has 2 aromatic carbocycles. The molecule has 0 atom stereocenters. The molecule has 0 bridgehead atoms. The zero-order valence-electron chi connectivity index (χ0n) is 19.4. The highest BCUT2D eigenvalue weighted by molar-refractivity contribution is 6.03. The molecule has 8 nitrogen and oxygen atoms in total. The van der Waals surface area contributed by atoms with Crippen LogP contribution in [0.25, 0.3) is 22.1 Å². The number of benzene rings is 2. The number of amidine groups is 2. The van der Waals surface area contributed by atoms with Gasteiger partial charge >= 0.3 is 0 Å². The van der Waals surface area contributed by atoms with Gasteiger partial charge in [0.25, 0.3) is 0 Å². The lowest BCUT2D eigenvalue weighted by molar-refractivity contribution is 0.506. The zero-order chi connectivity index (χ0) is 22.8. The van der Waals surface area contributed by atoms with Gasteiger partial charge in [0.15, 0.2) is 0 Å². The number of aromatic nitrogens is 4. The minimum atomic E-state index is 0.00122. The van der Waals surface area contributed by atoms with Crippen LogP contribution in [0.15, 0.2) is 46.4 Å². The average molecular weight is 441 g/mol. The number of fused-ring (bicyclic) bond motifs is 2. The molecule has 4 N–H and O–H groups in total. The summed E-state index contributed by atoms with van der Waals surface area (Å²) < 4.78 is 0. The van der Waals surface area contributed by atoms with E-state index < -0.39 is 0 Å². The van der Waals surface area contributed by atoms with Crippen molar-refractivity contribution < 1.29 is 0 Å². The fourth-order valence-corrected chi connectivity index (χ4v) is 4.43. The molecule has 2 aromatic heterocycles. The van der Waals surface area contributed by atoms with Crippen molar-refractivity contribution >= 4 is 33.7 Å². The van der Waals surface area contributed by atoms with Crippen molar-refractivity contribution in [1.29, 1.82) is 0 Å². The molecule has 0 saturated carbocycles. The first kappa shape index (κ1) is 20.0. The highest BCUT2D eigenvalue weighted by Crippen LogP contribution is 2.21. The zero-order valence-corrected chi connectivity index (χ0v) is 19.4. The summed E-state index contributed by atoms with van der Waals surface area (Å²) in [4.78, 5) is 25.7. The summed E-state index contributed by atoms with van der Waals surface area (Å²) in [5.41, 5.74) is 6.04. The molecule has 0 aliphatic carbocycles. The van der Waals surface area contributed by atoms with Crippen LogP contribution >= 0.6 is 0 Å². The molecule has 0 fully saturated rings. The SMILES string of the molecule is CC1(C)CN=C(c2ccc3nc(Cc4nc5ccc(C6=NCC(C)(C)N6)cc5[nH]4)[nH]c3c2)N1. The molecule has 0 radical (unpaired) electrons. The normalized spacial score (nSPS) is 18.9. The minimum absolute atomic E-state index is 0.00122. The standard InChI is InChI=1S/C25H28N8/c1-24(2)12-26-22(32-24)14-5-7-16-18(9-14)30-20(28-16)11-21-29-17-8-6-15(10-19(17)31-21)23-27-13-25(3,4)33-23/h5-10H,11-13H2,1-4H3,(H,26,32)(H,27,33)(H,28,30)(H,29,31). The first-order valence-corrected chi connectivity index (χ1v) is 11.4. The number of H-pyrrole nitrogens is 2. The molecule has 6 rings (SSSR count). The molecule has 4 heterocycles. The summed E-state index contributed by atoms with van der Waals surface area (Å²) >= 11 is 0. The molecule has 0 amide bonds. The van der Waals surface area contributed by atoms with Crippen LogP contribution in [-0.4, -0.2) is 55.8 Å². The van der Waals surface area contributed by atoms with E-state index in [-0.39, 0.29) is 11.1 Å². The van der Waals surface area contributed by atoms with Crippen LogP contribution in [0, 0.1) is 0 Å². The van der Waals surface area contributed by atoms with Crippen molar-refractivity contribution in [2.45, 2.75) is 45.2 Å². The summed E-state index contributed by atoms with van der Waals surface area (Å²) in [5, 5.41) is 6.98. The molecule has 0 unspecified atom stereocenters. The predicted molar refractivity (Wildman–Crippen MR) is 132 cm³/mol. The van der Waals surface area contributed by atoms with Crippen molar-refractivity contribution in [3.05, 3.63) is 59.2 Å². The first-order valence-electron chi connectivity index (χ1n) is 11.4. The summed E-state index contributed by atoms with van der Waals surface area (Å²) in [6.45, 7) is 10.2. The molecule has 2 aliphatic heterocycles. The Kier molecular flexibility index (Phi) is 4.18. The summed E-state index contributed by atoms with van der Waals surface area (Å²) in [7, 11) is 0. The van der Waals surface area contributed by atoms with Crippen LogP contribution in [-0.2, 0) is 6.42 Å². The van der Waals surface area contributed by atoms with Crippen LogP contribution in [0.2, 0.25) is 0 Å². The third kappa shape index (κ3) is 3.75. The maximum atomic E-state index is 4.77. The van der Waals surface area contributed by atoms with Crippen LogP contribution in [0.1, 0.15) is 50.5 Å². The second-order valence-corrected chi connectivity index (χ2v) is 10.4. The third-order valence-corrected chi connectivity index (χ3v) is 6.12. The topological polar surface area (TPSA) is 106 Å². The first-order chi connectivity index (χ1) is 15.7. The van der Waals surface area contributed by atoms with Gasteiger partial charge in [-0.05, 0) is 64.1 Å². The van der Waals surface area contributed by atoms with Crippen LogP contribution in [0.4, 0.5) is 0 Å². The lowest BCUT2D eigenvalue weighted by Crippen LogP contribution is -2.39. The number of hydrogen-bond donors (Lipinski definition) is 4. The predicted octanol–water partition coefficient (Wildman–Crippen LogP) is 3.29. The van der Waals surface area contributed by atoms with Gasteiger partial charge in [-0.1, -0.05) is 0 Å². The average Bonchev–Trinajstić information content (AvgIpc) is 3.51. The minimum Gasteiger partial charge on any atom is -0.363 e. The fraction of sp³-hybridized carbons (Fsp3) is 0.360. The number of nitrogens with one attached hydrogen (secondary N) is 4. The summed E-state index contributed by atoms with van der Waals surface area (Å²) in [6.07, 6.45) is 0.604. The largest absolute Gasteiger partial charge is 0.363 e. The number of aliphatic imine (C=N–C) groups is 2. The number of nitrogens with zero attached hydrogens (tertiary/aromatic N) is 4. The molecule has 0 spiro atoms. The molecule has 2 aliphatic rings. The van der Waals surface area contributed by atoms with Gasteiger partial charge in [0, 0.05) is 11.1 Å². The van der Waals surface area contributed by atoms with Crippen molar-refractivity contribution in [2.75, 3.05) is 13.1 Å². The van der Waals surface area contributed by atoms with Gasteiger partial charge in [-0.25, -0.2) is 9.97 Å². The van der Waals surface area contributed by atoms with Gasteiger partial charge in [0.2, 0.25) is 0 Å². The highest BCUT2D eigenvalue weighted by Gasteiger charge is 2.26. The summed E-state index contributed by atoms with van der Waals surface area (Å²) in [6, 6.07) is 12.5. The van der Waals surface area contributed by atoms with Crippen molar-refractivity contribution in [3.8, 4) is 0 Å². The molecule has 168 valence electrons. The smallest absolute Gasteiger partial charge is 0.128 e. The van der Waals surface area contributed by atoms with E-state index in [1.54, 1.807) is 0 Å². The lowest BCUT2D eigenvalue weighted by Gasteiger charge is -2.18. The third-order valence-electron chi connectivity index (χ3n) is 6.12.